The van der Waals surface area contributed by atoms with Crippen molar-refractivity contribution in [2.45, 2.75) is 39.4 Å². The molecule has 0 radical (unpaired) electrons. The number of phosphoric acid groups is 1. The average Bonchev–Trinajstić information content (AvgIpc) is 4.06. The van der Waals surface area contributed by atoms with Crippen LogP contribution in [0.2, 0.25) is 0 Å². The fraction of sp³-hybridized carbons (Fsp3) is 0.233. The Morgan fingerprint density at radius 2 is 1.49 bits per heavy atom. The number of para-hydroxylation sites is 1. The van der Waals surface area contributed by atoms with Gasteiger partial charge >= 0.3 is 13.8 Å². The quantitative estimate of drug-likeness (QED) is 0.0702. The lowest BCUT2D eigenvalue weighted by molar-refractivity contribution is -0.119. The highest BCUT2D eigenvalue weighted by Gasteiger charge is 2.30. The molecule has 0 aliphatic heterocycles. The van der Waals surface area contributed by atoms with Gasteiger partial charge in [0.25, 0.3) is 11.8 Å². The Hall–Kier alpha value is -6.78. The molecule has 2 N–H and O–H groups in total. The van der Waals surface area contributed by atoms with Gasteiger partial charge in [-0.05, 0) is 59.0 Å². The van der Waals surface area contributed by atoms with E-state index in [1.54, 1.807) is 37.4 Å². The molecule has 61 heavy (non-hydrogen) atoms. The van der Waals surface area contributed by atoms with Crippen LogP contribution in [0.5, 0.6) is 5.75 Å². The lowest BCUT2D eigenvalue weighted by atomic mass is 10.1. The maximum Gasteiger partial charge on any atom is 0.475 e. The molecule has 18 heteroatoms. The number of esters is 1. The van der Waals surface area contributed by atoms with Crippen LogP contribution in [-0.2, 0) is 61.3 Å². The van der Waals surface area contributed by atoms with Crippen LogP contribution in [0.4, 0.5) is 11.4 Å². The minimum Gasteiger partial charge on any atom is -0.494 e. The number of aryl methyl sites for hydroxylation is 1. The highest BCUT2D eigenvalue weighted by atomic mass is 31.2. The summed E-state index contributed by atoms with van der Waals surface area (Å²) in [7, 11) is -1.05. The van der Waals surface area contributed by atoms with Crippen LogP contribution in [-0.4, -0.2) is 56.6 Å². The van der Waals surface area contributed by atoms with Gasteiger partial charge in [0.15, 0.2) is 12.5 Å². The standard InChI is InChI=1S/C43H43N8O9P/c1-44-42(53)35-24-51(38(46-41(52)32-21-22-32)23-37(35)45-36-16-10-15-34(39(36)56-3)40-47-49-50(2)48-40)28-57-43(54)33-19-17-31(18-20-33)27-60-61(55,58-25-29-11-6-4-7-12-29)59-26-30-13-8-5-9-14-30/h4-20,23-24,32,45H,21-22,25-28H2,1-3H3,(H,44,53)/b46-38+/i1D3. The van der Waals surface area contributed by atoms with E-state index in [-0.39, 0.29) is 59.6 Å². The van der Waals surface area contributed by atoms with Crippen molar-refractivity contribution in [1.29, 1.82) is 0 Å². The molecule has 1 fully saturated rings. The zero-order valence-electron chi connectivity index (χ0n) is 36.1. The lowest BCUT2D eigenvalue weighted by Gasteiger charge is -2.18. The number of nitrogens with one attached hydrogen (secondary N) is 2. The predicted octanol–water partition coefficient (Wildman–Crippen LogP) is 6.50. The monoisotopic (exact) mass is 849 g/mol. The van der Waals surface area contributed by atoms with Crippen LogP contribution in [0.25, 0.3) is 11.4 Å². The smallest absolute Gasteiger partial charge is 0.475 e. The number of hydrogen-bond acceptors (Lipinski definition) is 13. The summed E-state index contributed by atoms with van der Waals surface area (Å²) in [4.78, 5) is 45.7. The van der Waals surface area contributed by atoms with E-state index in [2.05, 4.69) is 25.7 Å². The van der Waals surface area contributed by atoms with Crippen molar-refractivity contribution in [1.82, 2.24) is 30.1 Å². The maximum absolute atomic E-state index is 13.8. The van der Waals surface area contributed by atoms with Crippen molar-refractivity contribution in [2.24, 2.45) is 18.0 Å². The number of benzene rings is 4. The largest absolute Gasteiger partial charge is 0.494 e. The Kier molecular flexibility index (Phi) is 12.3. The first-order chi connectivity index (χ1) is 30.8. The van der Waals surface area contributed by atoms with Gasteiger partial charge in [-0.25, -0.2) is 9.36 Å². The van der Waals surface area contributed by atoms with Crippen molar-refractivity contribution >= 4 is 37.0 Å². The van der Waals surface area contributed by atoms with E-state index in [1.165, 1.54) is 40.9 Å². The minimum atomic E-state index is -4.08. The normalized spacial score (nSPS) is 13.7. The van der Waals surface area contributed by atoms with Gasteiger partial charge in [0.2, 0.25) is 5.82 Å². The summed E-state index contributed by atoms with van der Waals surface area (Å²) >= 11 is 0. The van der Waals surface area contributed by atoms with Crippen LogP contribution in [0.1, 0.15) is 54.4 Å². The number of tetrazole rings is 1. The molecular weight excluding hydrogens is 803 g/mol. The Morgan fingerprint density at radius 1 is 0.852 bits per heavy atom. The van der Waals surface area contributed by atoms with E-state index in [4.69, 9.17) is 27.2 Å². The number of phosphoric ester groups is 1. The third-order valence-corrected chi connectivity index (χ3v) is 10.6. The molecule has 2 aromatic heterocycles. The molecule has 0 atom stereocenters. The summed E-state index contributed by atoms with van der Waals surface area (Å²) in [5.41, 5.74) is 2.86. The van der Waals surface area contributed by atoms with Crippen LogP contribution in [0.3, 0.4) is 0 Å². The number of amides is 2. The number of methoxy groups -OCH3 is 1. The number of carbonyl (C=O) groups is 3. The first-order valence-electron chi connectivity index (χ1n) is 20.5. The van der Waals surface area contributed by atoms with Gasteiger partial charge in [-0.3, -0.25) is 27.7 Å². The van der Waals surface area contributed by atoms with E-state index in [1.807, 2.05) is 66.0 Å². The van der Waals surface area contributed by atoms with E-state index < -0.39 is 39.3 Å². The molecule has 6 aromatic rings. The van der Waals surface area contributed by atoms with Crippen molar-refractivity contribution in [3.8, 4) is 17.1 Å². The van der Waals surface area contributed by atoms with Gasteiger partial charge in [-0.15, -0.1) is 10.2 Å². The lowest BCUT2D eigenvalue weighted by Crippen LogP contribution is -2.29. The highest BCUT2D eigenvalue weighted by Crippen LogP contribution is 2.51. The Labute approximate surface area is 355 Å². The fourth-order valence-corrected chi connectivity index (χ4v) is 7.05. The molecule has 1 aliphatic carbocycles. The number of hydrogen-bond donors (Lipinski definition) is 2. The Balaban J connectivity index is 1.11. The molecule has 0 bridgehead atoms. The Bertz CT molecular complexity index is 2680. The summed E-state index contributed by atoms with van der Waals surface area (Å²) in [6.07, 6.45) is 2.54. The molecule has 0 unspecified atom stereocenters. The average molecular weight is 850 g/mol. The third kappa shape index (κ3) is 11.1. The topological polar surface area (TPSA) is 199 Å². The highest BCUT2D eigenvalue weighted by molar-refractivity contribution is 7.48. The number of pyridine rings is 1. The molecule has 17 nitrogen and oxygen atoms in total. The van der Waals surface area contributed by atoms with E-state index in [0.717, 1.165) is 11.1 Å². The number of rotatable bonds is 18. The molecule has 4 aromatic carbocycles. The second kappa shape index (κ2) is 19.5. The predicted molar refractivity (Wildman–Crippen MR) is 222 cm³/mol. The first kappa shape index (κ1) is 38.4. The van der Waals surface area contributed by atoms with Gasteiger partial charge in [0.1, 0.15) is 5.49 Å². The minimum absolute atomic E-state index is 0.00393. The fourth-order valence-electron chi connectivity index (χ4n) is 5.91. The zero-order valence-corrected chi connectivity index (χ0v) is 34.0. The zero-order chi connectivity index (χ0) is 45.3. The molecule has 0 spiro atoms. The molecule has 2 amide bonds. The van der Waals surface area contributed by atoms with E-state index >= 15 is 0 Å². The summed E-state index contributed by atoms with van der Waals surface area (Å²) in [6.45, 7) is -3.62. The number of anilines is 2. The second-order valence-electron chi connectivity index (χ2n) is 13.7. The number of aromatic nitrogens is 5. The molecule has 0 saturated heterocycles. The summed E-state index contributed by atoms with van der Waals surface area (Å²) < 4.78 is 66.6. The van der Waals surface area contributed by atoms with Crippen molar-refractivity contribution < 1.29 is 46.1 Å². The number of carbonyl (C=O) groups excluding carboxylic acids is 3. The van der Waals surface area contributed by atoms with Crippen LogP contribution in [0, 0.1) is 5.92 Å². The molecule has 7 rings (SSSR count). The number of ether oxygens (including phenoxy) is 2. The first-order valence-corrected chi connectivity index (χ1v) is 20.4. The van der Waals surface area contributed by atoms with Gasteiger partial charge in [0.05, 0.1) is 62.0 Å². The van der Waals surface area contributed by atoms with Crippen molar-refractivity contribution in [3.63, 3.8) is 0 Å². The molecular formula is C43H43N8O9P. The van der Waals surface area contributed by atoms with Crippen molar-refractivity contribution in [3.05, 3.63) is 149 Å². The van der Waals surface area contributed by atoms with Gasteiger partial charge in [-0.2, -0.15) is 9.79 Å². The van der Waals surface area contributed by atoms with E-state index in [9.17, 15) is 18.9 Å². The number of nitrogens with zero attached hydrogens (tertiary/aromatic N) is 6. The van der Waals surface area contributed by atoms with Crippen LogP contribution < -0.4 is 20.9 Å². The second-order valence-corrected chi connectivity index (χ2v) is 15.4. The van der Waals surface area contributed by atoms with E-state index in [0.29, 0.717) is 29.7 Å². The molecule has 1 aliphatic rings. The van der Waals surface area contributed by atoms with Crippen LogP contribution in [0.15, 0.2) is 120 Å². The summed E-state index contributed by atoms with van der Waals surface area (Å²) in [5.74, 6) is -1.97. The third-order valence-electron chi connectivity index (χ3n) is 9.27. The van der Waals surface area contributed by atoms with Crippen LogP contribution >= 0.6 is 7.82 Å². The van der Waals surface area contributed by atoms with Gasteiger partial charge in [-0.1, -0.05) is 78.9 Å². The summed E-state index contributed by atoms with van der Waals surface area (Å²) in [6, 6.07) is 30.9. The summed E-state index contributed by atoms with van der Waals surface area (Å²) in [5, 5.41) is 17.3. The van der Waals surface area contributed by atoms with Gasteiger partial charge in [0, 0.05) is 29.3 Å². The van der Waals surface area contributed by atoms with Gasteiger partial charge < -0.3 is 20.1 Å². The van der Waals surface area contributed by atoms with Crippen molar-refractivity contribution in [2.75, 3.05) is 19.4 Å². The molecule has 2 heterocycles. The maximum atomic E-state index is 13.8. The molecule has 1 saturated carbocycles. The SMILES string of the molecule is [2H]C([2H])([2H])NC(=O)c1cn(COC(=O)c2ccc(COP(=O)(OCc3ccccc3)OCc3ccccc3)cc2)/c(=N/C(=O)C2CC2)cc1Nc1cccc(-c2nnn(C)n2)c1OC. The Morgan fingerprint density at radius 3 is 2.07 bits per heavy atom. The molecule has 314 valence electrons.